The van der Waals surface area contributed by atoms with Crippen molar-refractivity contribution in [3.8, 4) is 0 Å². The maximum Gasteiger partial charge on any atom is 0.0582 e. The van der Waals surface area contributed by atoms with Crippen LogP contribution in [0, 0.1) is 17.3 Å². The van der Waals surface area contributed by atoms with E-state index in [0.717, 1.165) is 18.4 Å². The second-order valence-electron chi connectivity index (χ2n) is 7.39. The lowest BCUT2D eigenvalue weighted by Gasteiger charge is -2.39. The molecular weight excluding hydrogens is 222 g/mol. The van der Waals surface area contributed by atoms with Gasteiger partial charge >= 0.3 is 0 Å². The van der Waals surface area contributed by atoms with Crippen LogP contribution in [-0.4, -0.2) is 25.8 Å². The number of nitrogens with one attached hydrogen (secondary N) is 1. The average Bonchev–Trinajstić information content (AvgIpc) is 2.27. The van der Waals surface area contributed by atoms with Crippen molar-refractivity contribution in [1.82, 2.24) is 5.32 Å². The van der Waals surface area contributed by atoms with E-state index in [4.69, 9.17) is 4.74 Å². The number of ether oxygens (including phenoxy) is 1. The SMILES string of the molecule is CC1CC(OCCC2CCNCC2)CC(C)(C)C1. The second kappa shape index (κ2) is 6.38. The highest BCUT2D eigenvalue weighted by Gasteiger charge is 2.32. The molecule has 2 unspecified atom stereocenters. The number of hydrogen-bond acceptors (Lipinski definition) is 2. The van der Waals surface area contributed by atoms with Gasteiger partial charge in [-0.05, 0) is 68.9 Å². The third kappa shape index (κ3) is 4.55. The lowest BCUT2D eigenvalue weighted by molar-refractivity contribution is -0.0279. The van der Waals surface area contributed by atoms with Crippen LogP contribution in [0.15, 0.2) is 0 Å². The summed E-state index contributed by atoms with van der Waals surface area (Å²) < 4.78 is 6.17. The minimum Gasteiger partial charge on any atom is -0.378 e. The van der Waals surface area contributed by atoms with Gasteiger partial charge in [-0.2, -0.15) is 0 Å². The monoisotopic (exact) mass is 253 g/mol. The van der Waals surface area contributed by atoms with Crippen LogP contribution in [0.1, 0.15) is 59.3 Å². The van der Waals surface area contributed by atoms with E-state index >= 15 is 0 Å². The summed E-state index contributed by atoms with van der Waals surface area (Å²) in [4.78, 5) is 0. The molecule has 0 bridgehead atoms. The third-order valence-electron chi connectivity index (χ3n) is 4.68. The fraction of sp³-hybridized carbons (Fsp3) is 1.00. The Bertz CT molecular complexity index is 245. The highest BCUT2D eigenvalue weighted by molar-refractivity contribution is 4.83. The molecule has 18 heavy (non-hydrogen) atoms. The summed E-state index contributed by atoms with van der Waals surface area (Å²) in [7, 11) is 0. The fourth-order valence-corrected chi connectivity index (χ4v) is 3.96. The van der Waals surface area contributed by atoms with Crippen molar-refractivity contribution in [2.24, 2.45) is 17.3 Å². The molecule has 2 heteroatoms. The van der Waals surface area contributed by atoms with Gasteiger partial charge in [-0.1, -0.05) is 20.8 Å². The molecular formula is C16H31NO. The Morgan fingerprint density at radius 2 is 1.89 bits per heavy atom. The quantitative estimate of drug-likeness (QED) is 0.826. The molecule has 2 nitrogen and oxygen atoms in total. The van der Waals surface area contributed by atoms with Crippen LogP contribution < -0.4 is 5.32 Å². The van der Waals surface area contributed by atoms with E-state index in [9.17, 15) is 0 Å². The van der Waals surface area contributed by atoms with E-state index < -0.39 is 0 Å². The Labute approximate surface area is 113 Å². The lowest BCUT2D eigenvalue weighted by atomic mass is 9.71. The molecule has 0 spiro atoms. The van der Waals surface area contributed by atoms with Crippen LogP contribution in [0.2, 0.25) is 0 Å². The molecule has 1 N–H and O–H groups in total. The van der Waals surface area contributed by atoms with Crippen LogP contribution in [0.3, 0.4) is 0 Å². The van der Waals surface area contributed by atoms with Crippen molar-refractivity contribution >= 4 is 0 Å². The Balaban J connectivity index is 1.66. The first-order valence-electron chi connectivity index (χ1n) is 7.87. The molecule has 2 aliphatic rings. The lowest BCUT2D eigenvalue weighted by Crippen LogP contribution is -2.33. The van der Waals surface area contributed by atoms with Gasteiger partial charge in [-0.15, -0.1) is 0 Å². The van der Waals surface area contributed by atoms with Gasteiger partial charge in [0, 0.05) is 6.61 Å². The van der Waals surface area contributed by atoms with E-state index in [2.05, 4.69) is 26.1 Å². The zero-order valence-corrected chi connectivity index (χ0v) is 12.5. The Hall–Kier alpha value is -0.0800. The average molecular weight is 253 g/mol. The minimum absolute atomic E-state index is 0.483. The highest BCUT2D eigenvalue weighted by Crippen LogP contribution is 2.39. The summed E-state index contributed by atoms with van der Waals surface area (Å²) in [5, 5.41) is 3.43. The first-order chi connectivity index (χ1) is 8.55. The van der Waals surface area contributed by atoms with Crippen LogP contribution in [0.5, 0.6) is 0 Å². The molecule has 1 aliphatic carbocycles. The predicted octanol–water partition coefficient (Wildman–Crippen LogP) is 3.61. The van der Waals surface area contributed by atoms with Gasteiger partial charge in [0.2, 0.25) is 0 Å². The van der Waals surface area contributed by atoms with Crippen LogP contribution in [0.4, 0.5) is 0 Å². The molecule has 106 valence electrons. The van der Waals surface area contributed by atoms with E-state index in [-0.39, 0.29) is 0 Å². The standard InChI is InChI=1S/C16H31NO/c1-13-10-15(12-16(2,3)11-13)18-9-6-14-4-7-17-8-5-14/h13-15,17H,4-12H2,1-3H3. The second-order valence-corrected chi connectivity index (χ2v) is 7.39. The first kappa shape index (κ1) is 14.3. The molecule has 1 heterocycles. The molecule has 0 aromatic heterocycles. The van der Waals surface area contributed by atoms with Crippen molar-refractivity contribution in [2.75, 3.05) is 19.7 Å². The molecule has 0 radical (unpaired) electrons. The summed E-state index contributed by atoms with van der Waals surface area (Å²) in [5.41, 5.74) is 0.483. The summed E-state index contributed by atoms with van der Waals surface area (Å²) in [6.07, 6.45) is 8.37. The first-order valence-corrected chi connectivity index (χ1v) is 7.87. The van der Waals surface area contributed by atoms with Gasteiger partial charge in [0.15, 0.2) is 0 Å². The maximum atomic E-state index is 6.17. The zero-order valence-electron chi connectivity index (χ0n) is 12.5. The van der Waals surface area contributed by atoms with E-state index in [1.807, 2.05) is 0 Å². The number of rotatable bonds is 4. The Kier molecular flexibility index (Phi) is 5.08. The molecule has 2 atom stereocenters. The van der Waals surface area contributed by atoms with Crippen LogP contribution >= 0.6 is 0 Å². The van der Waals surface area contributed by atoms with Crippen molar-refractivity contribution in [3.63, 3.8) is 0 Å². The van der Waals surface area contributed by atoms with E-state index in [1.54, 1.807) is 0 Å². The van der Waals surface area contributed by atoms with Crippen molar-refractivity contribution < 1.29 is 4.74 Å². The Morgan fingerprint density at radius 1 is 1.17 bits per heavy atom. The van der Waals surface area contributed by atoms with Gasteiger partial charge in [-0.3, -0.25) is 0 Å². The van der Waals surface area contributed by atoms with Gasteiger partial charge in [0.1, 0.15) is 0 Å². The fourth-order valence-electron chi connectivity index (χ4n) is 3.96. The van der Waals surface area contributed by atoms with Gasteiger partial charge in [0.25, 0.3) is 0 Å². The normalized spacial score (nSPS) is 33.5. The molecule has 2 rings (SSSR count). The topological polar surface area (TPSA) is 21.3 Å². The molecule has 0 aromatic rings. The molecule has 1 saturated carbocycles. The van der Waals surface area contributed by atoms with Crippen molar-refractivity contribution in [3.05, 3.63) is 0 Å². The summed E-state index contributed by atoms with van der Waals surface area (Å²) in [5.74, 6) is 1.73. The molecule has 0 amide bonds. The van der Waals surface area contributed by atoms with E-state index in [0.29, 0.717) is 11.5 Å². The van der Waals surface area contributed by atoms with Gasteiger partial charge in [0.05, 0.1) is 6.10 Å². The third-order valence-corrected chi connectivity index (χ3v) is 4.68. The molecule has 1 aliphatic heterocycles. The van der Waals surface area contributed by atoms with Crippen LogP contribution in [-0.2, 0) is 4.74 Å². The van der Waals surface area contributed by atoms with Gasteiger partial charge < -0.3 is 10.1 Å². The molecule has 1 saturated heterocycles. The zero-order chi connectivity index (χ0) is 13.0. The molecule has 2 fully saturated rings. The van der Waals surface area contributed by atoms with Crippen molar-refractivity contribution in [1.29, 1.82) is 0 Å². The highest BCUT2D eigenvalue weighted by atomic mass is 16.5. The summed E-state index contributed by atoms with van der Waals surface area (Å²) >= 11 is 0. The minimum atomic E-state index is 0.483. The Morgan fingerprint density at radius 3 is 2.56 bits per heavy atom. The van der Waals surface area contributed by atoms with E-state index in [1.165, 1.54) is 51.6 Å². The largest absolute Gasteiger partial charge is 0.378 e. The predicted molar refractivity (Wildman–Crippen MR) is 76.7 cm³/mol. The van der Waals surface area contributed by atoms with Gasteiger partial charge in [-0.25, -0.2) is 0 Å². The number of hydrogen-bond donors (Lipinski definition) is 1. The smallest absolute Gasteiger partial charge is 0.0582 e. The maximum absolute atomic E-state index is 6.17. The molecule has 0 aromatic carbocycles. The summed E-state index contributed by atoms with van der Waals surface area (Å²) in [6, 6.07) is 0. The summed E-state index contributed by atoms with van der Waals surface area (Å²) in [6.45, 7) is 10.6. The van der Waals surface area contributed by atoms with Crippen molar-refractivity contribution in [2.45, 2.75) is 65.4 Å². The number of piperidine rings is 1. The van der Waals surface area contributed by atoms with Crippen LogP contribution in [0.25, 0.3) is 0 Å².